The van der Waals surface area contributed by atoms with E-state index in [0.29, 0.717) is 29.7 Å². The van der Waals surface area contributed by atoms with E-state index in [0.717, 1.165) is 30.5 Å². The second-order valence-corrected chi connectivity index (χ2v) is 8.93. The zero-order chi connectivity index (χ0) is 23.4. The number of para-hydroxylation sites is 1. The van der Waals surface area contributed by atoms with Gasteiger partial charge in [-0.25, -0.2) is 14.5 Å². The van der Waals surface area contributed by atoms with Crippen LogP contribution < -0.4 is 10.2 Å². The Hall–Kier alpha value is -4.14. The molecule has 9 nitrogen and oxygen atoms in total. The van der Waals surface area contributed by atoms with Crippen molar-refractivity contribution in [1.82, 2.24) is 14.7 Å². The zero-order valence-electron chi connectivity index (χ0n) is 18.7. The van der Waals surface area contributed by atoms with Crippen molar-refractivity contribution in [3.63, 3.8) is 0 Å². The van der Waals surface area contributed by atoms with Gasteiger partial charge in [-0.1, -0.05) is 30.3 Å². The first-order chi connectivity index (χ1) is 16.5. The van der Waals surface area contributed by atoms with Gasteiger partial charge >= 0.3 is 5.97 Å². The number of aromatic nitrogens is 2. The molecule has 3 heterocycles. The van der Waals surface area contributed by atoms with Crippen molar-refractivity contribution in [2.24, 2.45) is 4.99 Å². The number of rotatable bonds is 5. The fourth-order valence-corrected chi connectivity index (χ4v) is 5.13. The summed E-state index contributed by atoms with van der Waals surface area (Å²) in [6.45, 7) is 0.382. The van der Waals surface area contributed by atoms with Crippen LogP contribution in [0.25, 0.3) is 0 Å². The minimum absolute atomic E-state index is 0.143. The zero-order valence-corrected chi connectivity index (χ0v) is 18.7. The second kappa shape index (κ2) is 7.72. The van der Waals surface area contributed by atoms with E-state index in [2.05, 4.69) is 10.2 Å². The van der Waals surface area contributed by atoms with E-state index in [4.69, 9.17) is 10.1 Å². The molecular weight excluding hydrogens is 432 g/mol. The van der Waals surface area contributed by atoms with Crippen molar-refractivity contribution in [2.75, 3.05) is 17.3 Å². The van der Waals surface area contributed by atoms with Crippen molar-refractivity contribution < 1.29 is 14.7 Å². The summed E-state index contributed by atoms with van der Waals surface area (Å²) in [5.41, 5.74) is 2.49. The van der Waals surface area contributed by atoms with Gasteiger partial charge in [-0.2, -0.15) is 5.10 Å². The number of fused-ring (bicyclic) bond motifs is 5. The van der Waals surface area contributed by atoms with Crippen LogP contribution in [0, 0.1) is 0 Å². The summed E-state index contributed by atoms with van der Waals surface area (Å²) < 4.78 is 1.80. The van der Waals surface area contributed by atoms with E-state index in [-0.39, 0.29) is 23.6 Å². The molecule has 1 unspecified atom stereocenters. The monoisotopic (exact) mass is 456 g/mol. The number of hydrogen-bond donors (Lipinski definition) is 2. The van der Waals surface area contributed by atoms with Gasteiger partial charge in [0.05, 0.1) is 24.2 Å². The number of nitrogens with one attached hydrogen (secondary N) is 1. The first-order valence-corrected chi connectivity index (χ1v) is 11.4. The fourth-order valence-electron chi connectivity index (χ4n) is 5.13. The maximum Gasteiger partial charge on any atom is 0.335 e. The molecule has 1 aromatic heterocycles. The van der Waals surface area contributed by atoms with E-state index >= 15 is 0 Å². The van der Waals surface area contributed by atoms with Crippen LogP contribution in [0.5, 0.6) is 0 Å². The molecule has 6 rings (SSSR count). The van der Waals surface area contributed by atoms with Gasteiger partial charge in [-0.3, -0.25) is 14.6 Å². The Morgan fingerprint density at radius 1 is 1.12 bits per heavy atom. The number of aliphatic imine (C=N–C) groups is 1. The lowest BCUT2D eigenvalue weighted by Gasteiger charge is -2.34. The molecule has 2 atom stereocenters. The minimum atomic E-state index is -0.965. The SMILES string of the molecule is CN1C(=O)c2c(nn(Cc3ccc(C(=O)O)cc3)c2Nc2ccccc2)N2C1=NC1CCC[C@@H]12. The summed E-state index contributed by atoms with van der Waals surface area (Å²) in [6, 6.07) is 16.8. The van der Waals surface area contributed by atoms with E-state index in [1.54, 1.807) is 40.9 Å². The third-order valence-electron chi connectivity index (χ3n) is 6.82. The summed E-state index contributed by atoms with van der Waals surface area (Å²) in [5, 5.41) is 17.6. The molecule has 9 heteroatoms. The van der Waals surface area contributed by atoms with Crippen LogP contribution in [-0.4, -0.2) is 56.8 Å². The highest BCUT2D eigenvalue weighted by Gasteiger charge is 2.49. The van der Waals surface area contributed by atoms with Crippen LogP contribution in [0.3, 0.4) is 0 Å². The lowest BCUT2D eigenvalue weighted by molar-refractivity contribution is 0.0696. The van der Waals surface area contributed by atoms with Crippen LogP contribution >= 0.6 is 0 Å². The molecule has 0 saturated heterocycles. The smallest absolute Gasteiger partial charge is 0.335 e. The second-order valence-electron chi connectivity index (χ2n) is 8.93. The minimum Gasteiger partial charge on any atom is -0.478 e. The number of benzene rings is 2. The van der Waals surface area contributed by atoms with Crippen LogP contribution in [0.1, 0.15) is 45.5 Å². The van der Waals surface area contributed by atoms with E-state index in [1.165, 1.54) is 0 Å². The summed E-state index contributed by atoms with van der Waals surface area (Å²) in [6.07, 6.45) is 3.15. The van der Waals surface area contributed by atoms with Gasteiger partial charge in [-0.15, -0.1) is 0 Å². The number of anilines is 3. The Kier molecular flexibility index (Phi) is 4.65. The number of carbonyl (C=O) groups excluding carboxylic acids is 1. The Balaban J connectivity index is 1.46. The number of hydrogen-bond acceptors (Lipinski definition) is 6. The number of guanidine groups is 1. The van der Waals surface area contributed by atoms with Gasteiger partial charge in [0, 0.05) is 12.7 Å². The number of nitrogens with zero attached hydrogens (tertiary/aromatic N) is 5. The highest BCUT2D eigenvalue weighted by molar-refractivity contribution is 6.21. The molecule has 0 bridgehead atoms. The summed E-state index contributed by atoms with van der Waals surface area (Å²) in [4.78, 5) is 33.4. The molecule has 3 aromatic rings. The molecule has 1 fully saturated rings. The van der Waals surface area contributed by atoms with Gasteiger partial charge < -0.3 is 10.4 Å². The van der Waals surface area contributed by atoms with Crippen LogP contribution in [-0.2, 0) is 6.54 Å². The summed E-state index contributed by atoms with van der Waals surface area (Å²) in [5.74, 6) is 0.815. The summed E-state index contributed by atoms with van der Waals surface area (Å²) in [7, 11) is 1.77. The summed E-state index contributed by atoms with van der Waals surface area (Å²) >= 11 is 0. The van der Waals surface area contributed by atoms with Crippen molar-refractivity contribution >= 4 is 35.2 Å². The van der Waals surface area contributed by atoms with Gasteiger partial charge in [0.25, 0.3) is 5.91 Å². The fraction of sp³-hybridized carbons (Fsp3) is 0.280. The third kappa shape index (κ3) is 3.15. The molecule has 34 heavy (non-hydrogen) atoms. The number of carboxylic acids is 1. The molecule has 2 N–H and O–H groups in total. The molecule has 1 amide bonds. The molecule has 172 valence electrons. The third-order valence-corrected chi connectivity index (χ3v) is 6.82. The average molecular weight is 457 g/mol. The molecule has 0 radical (unpaired) electrons. The Labute approximate surface area is 196 Å². The van der Waals surface area contributed by atoms with E-state index in [1.807, 2.05) is 30.3 Å². The molecular formula is C25H24N6O3. The van der Waals surface area contributed by atoms with Crippen LogP contribution in [0.4, 0.5) is 17.3 Å². The molecule has 2 aliphatic heterocycles. The predicted octanol–water partition coefficient (Wildman–Crippen LogP) is 3.56. The molecule has 2 aromatic carbocycles. The lowest BCUT2D eigenvalue weighted by atomic mass is 10.1. The van der Waals surface area contributed by atoms with E-state index in [9.17, 15) is 14.7 Å². The Morgan fingerprint density at radius 3 is 2.62 bits per heavy atom. The van der Waals surface area contributed by atoms with Crippen LogP contribution in [0.2, 0.25) is 0 Å². The van der Waals surface area contributed by atoms with Gasteiger partial charge in [0.2, 0.25) is 5.96 Å². The topological polar surface area (TPSA) is 103 Å². The molecule has 1 saturated carbocycles. The van der Waals surface area contributed by atoms with Crippen molar-refractivity contribution in [3.8, 4) is 0 Å². The van der Waals surface area contributed by atoms with Crippen molar-refractivity contribution in [1.29, 1.82) is 0 Å². The maximum absolute atomic E-state index is 13.5. The van der Waals surface area contributed by atoms with Gasteiger partial charge in [-0.05, 0) is 49.1 Å². The largest absolute Gasteiger partial charge is 0.478 e. The molecule has 0 spiro atoms. The van der Waals surface area contributed by atoms with Gasteiger partial charge in [0.1, 0.15) is 11.4 Å². The first kappa shape index (κ1) is 20.5. The van der Waals surface area contributed by atoms with Crippen molar-refractivity contribution in [2.45, 2.75) is 37.9 Å². The quantitative estimate of drug-likeness (QED) is 0.609. The molecule has 1 aliphatic carbocycles. The normalized spacial score (nSPS) is 20.6. The Morgan fingerprint density at radius 2 is 1.88 bits per heavy atom. The number of carbonyl (C=O) groups is 2. The number of aromatic carboxylic acids is 1. The highest BCUT2D eigenvalue weighted by atomic mass is 16.4. The van der Waals surface area contributed by atoms with Crippen molar-refractivity contribution in [3.05, 3.63) is 71.3 Å². The Bertz CT molecular complexity index is 1310. The average Bonchev–Trinajstić information content (AvgIpc) is 3.52. The van der Waals surface area contributed by atoms with Gasteiger partial charge in [0.15, 0.2) is 5.82 Å². The standard InChI is InChI=1S/C25H24N6O3/c1-29-23(32)20-21(26-17-6-3-2-4-7-17)30(14-15-10-12-16(13-11-15)24(33)34)28-22(20)31-19-9-5-8-18(19)27-25(29)31/h2-4,6-7,10-13,18-19,26H,5,8-9,14H2,1H3,(H,33,34)/t18?,19-/m0/s1. The number of carboxylic acid groups (broad SMARTS) is 1. The maximum atomic E-state index is 13.5. The molecule has 3 aliphatic rings. The lowest BCUT2D eigenvalue weighted by Crippen LogP contribution is -2.51. The first-order valence-electron chi connectivity index (χ1n) is 11.4. The predicted molar refractivity (Wildman–Crippen MR) is 128 cm³/mol. The van der Waals surface area contributed by atoms with E-state index < -0.39 is 5.97 Å². The highest BCUT2D eigenvalue weighted by Crippen LogP contribution is 2.42. The number of amides is 1. The van der Waals surface area contributed by atoms with Crippen LogP contribution in [0.15, 0.2) is 59.6 Å².